The molecule has 0 spiro atoms. The summed E-state index contributed by atoms with van der Waals surface area (Å²) in [5, 5.41) is 0. The summed E-state index contributed by atoms with van der Waals surface area (Å²) in [4.78, 5) is 30.0. The van der Waals surface area contributed by atoms with E-state index in [9.17, 15) is 9.59 Å². The molecule has 0 aliphatic carbocycles. The van der Waals surface area contributed by atoms with Crippen molar-refractivity contribution in [3.8, 4) is 0 Å². The first-order valence-corrected chi connectivity index (χ1v) is 12.5. The van der Waals surface area contributed by atoms with Gasteiger partial charge in [-0.15, -0.1) is 0 Å². The number of nitrogens with zero attached hydrogens (tertiary/aromatic N) is 3. The van der Waals surface area contributed by atoms with Crippen LogP contribution in [-0.2, 0) is 27.4 Å². The van der Waals surface area contributed by atoms with Crippen LogP contribution in [0.4, 0.5) is 0 Å². The van der Waals surface area contributed by atoms with E-state index in [0.717, 1.165) is 17.8 Å². The third-order valence-electron chi connectivity index (χ3n) is 6.03. The number of aromatic nitrogens is 1. The molecule has 3 rings (SSSR count). The van der Waals surface area contributed by atoms with Crippen molar-refractivity contribution >= 4 is 17.9 Å². The maximum Gasteiger partial charge on any atom is 0.247 e. The van der Waals surface area contributed by atoms with Gasteiger partial charge in [0.25, 0.3) is 0 Å². The zero-order valence-electron chi connectivity index (χ0n) is 21.5. The summed E-state index contributed by atoms with van der Waals surface area (Å²) in [6, 6.07) is 24.0. The summed E-state index contributed by atoms with van der Waals surface area (Å²) in [5.74, 6) is -0.254. The van der Waals surface area contributed by atoms with Crippen LogP contribution in [0.15, 0.2) is 85.1 Å². The zero-order valence-corrected chi connectivity index (χ0v) is 21.5. The summed E-state index contributed by atoms with van der Waals surface area (Å²) in [7, 11) is 1.64. The number of ether oxygens (including phenoxy) is 1. The number of amides is 2. The Morgan fingerprint density at radius 2 is 1.67 bits per heavy atom. The molecule has 2 aromatic carbocycles. The lowest BCUT2D eigenvalue weighted by atomic mass is 10.2. The van der Waals surface area contributed by atoms with Crippen LogP contribution in [0.25, 0.3) is 6.08 Å². The third-order valence-corrected chi connectivity index (χ3v) is 6.03. The van der Waals surface area contributed by atoms with Crippen LogP contribution in [0.5, 0.6) is 0 Å². The summed E-state index contributed by atoms with van der Waals surface area (Å²) >= 11 is 0. The second-order valence-corrected chi connectivity index (χ2v) is 9.08. The molecule has 0 bridgehead atoms. The molecule has 0 saturated heterocycles. The van der Waals surface area contributed by atoms with Gasteiger partial charge in [-0.05, 0) is 49.6 Å². The molecule has 36 heavy (non-hydrogen) atoms. The van der Waals surface area contributed by atoms with E-state index in [4.69, 9.17) is 4.74 Å². The highest BCUT2D eigenvalue weighted by molar-refractivity contribution is 5.94. The normalized spacial score (nSPS) is 11.2. The topological polar surface area (TPSA) is 54.8 Å². The van der Waals surface area contributed by atoms with E-state index >= 15 is 0 Å². The second kappa shape index (κ2) is 14.0. The fourth-order valence-corrected chi connectivity index (χ4v) is 4.02. The summed E-state index contributed by atoms with van der Waals surface area (Å²) in [6.45, 7) is 6.25. The van der Waals surface area contributed by atoms with Crippen LogP contribution >= 0.6 is 0 Å². The van der Waals surface area contributed by atoms with Crippen molar-refractivity contribution < 1.29 is 14.3 Å². The van der Waals surface area contributed by atoms with Gasteiger partial charge in [-0.2, -0.15) is 0 Å². The van der Waals surface area contributed by atoms with Crippen molar-refractivity contribution in [1.82, 2.24) is 14.4 Å². The molecule has 0 saturated carbocycles. The standard InChI is InChI=1S/C30H37N3O3/c1-25(2)33(23-28-16-10-19-31(28)22-27-14-8-5-9-15-27)30(35)24-32(20-11-21-36-3)29(34)18-17-26-12-6-4-7-13-26/h4-10,12-19,25H,11,20-24H2,1-3H3/b18-17+. The van der Waals surface area contributed by atoms with Crippen molar-refractivity contribution in [2.24, 2.45) is 0 Å². The number of hydrogen-bond acceptors (Lipinski definition) is 3. The summed E-state index contributed by atoms with van der Waals surface area (Å²) in [5.41, 5.74) is 3.21. The Hall–Kier alpha value is -3.64. The lowest BCUT2D eigenvalue weighted by molar-refractivity contribution is -0.140. The van der Waals surface area contributed by atoms with Crippen LogP contribution in [0.3, 0.4) is 0 Å². The Kier molecular flexibility index (Phi) is 10.5. The van der Waals surface area contributed by atoms with Crippen LogP contribution < -0.4 is 0 Å². The largest absolute Gasteiger partial charge is 0.385 e. The molecule has 6 nitrogen and oxygen atoms in total. The maximum atomic E-state index is 13.5. The number of carbonyl (C=O) groups excluding carboxylic acids is 2. The molecule has 2 amide bonds. The molecule has 3 aromatic rings. The van der Waals surface area contributed by atoms with Crippen molar-refractivity contribution in [3.63, 3.8) is 0 Å². The molecular formula is C30H37N3O3. The van der Waals surface area contributed by atoms with Gasteiger partial charge in [0.05, 0.1) is 6.54 Å². The molecule has 6 heteroatoms. The van der Waals surface area contributed by atoms with E-state index in [2.05, 4.69) is 22.8 Å². The molecule has 0 fully saturated rings. The summed E-state index contributed by atoms with van der Waals surface area (Å²) in [6.07, 6.45) is 6.03. The predicted molar refractivity (Wildman–Crippen MR) is 144 cm³/mol. The molecule has 190 valence electrons. The number of methoxy groups -OCH3 is 1. The Bertz CT molecular complexity index is 1110. The highest BCUT2D eigenvalue weighted by atomic mass is 16.5. The number of benzene rings is 2. The Labute approximate surface area is 214 Å². The maximum absolute atomic E-state index is 13.5. The van der Waals surface area contributed by atoms with Gasteiger partial charge in [-0.1, -0.05) is 60.7 Å². The smallest absolute Gasteiger partial charge is 0.247 e. The first kappa shape index (κ1) is 27.0. The van der Waals surface area contributed by atoms with Gasteiger partial charge < -0.3 is 19.1 Å². The average molecular weight is 488 g/mol. The quantitative estimate of drug-likeness (QED) is 0.256. The fourth-order valence-electron chi connectivity index (χ4n) is 4.02. The molecule has 0 atom stereocenters. The molecular weight excluding hydrogens is 450 g/mol. The first-order chi connectivity index (χ1) is 17.5. The SMILES string of the molecule is COCCCN(CC(=O)N(Cc1cccn1Cc1ccccc1)C(C)C)C(=O)/C=C/c1ccccc1. The number of hydrogen-bond donors (Lipinski definition) is 0. The van der Waals surface area contributed by atoms with Gasteiger partial charge in [0, 0.05) is 50.8 Å². The second-order valence-electron chi connectivity index (χ2n) is 9.08. The predicted octanol–water partition coefficient (Wildman–Crippen LogP) is 4.85. The molecule has 0 aliphatic heterocycles. The molecule has 0 N–H and O–H groups in total. The van der Waals surface area contributed by atoms with E-state index in [1.807, 2.05) is 79.5 Å². The van der Waals surface area contributed by atoms with Crippen molar-refractivity contribution in [3.05, 3.63) is 102 Å². The van der Waals surface area contributed by atoms with Crippen molar-refractivity contribution in [2.45, 2.75) is 39.4 Å². The Morgan fingerprint density at radius 1 is 0.972 bits per heavy atom. The minimum Gasteiger partial charge on any atom is -0.385 e. The molecule has 0 aliphatic rings. The minimum atomic E-state index is -0.181. The average Bonchev–Trinajstić information content (AvgIpc) is 3.32. The van der Waals surface area contributed by atoms with Crippen LogP contribution in [0, 0.1) is 0 Å². The van der Waals surface area contributed by atoms with Crippen LogP contribution in [0.1, 0.15) is 37.1 Å². The van der Waals surface area contributed by atoms with Gasteiger partial charge >= 0.3 is 0 Å². The van der Waals surface area contributed by atoms with E-state index in [1.165, 1.54) is 5.56 Å². The minimum absolute atomic E-state index is 0.00615. The molecule has 0 unspecified atom stereocenters. The summed E-state index contributed by atoms with van der Waals surface area (Å²) < 4.78 is 7.34. The lowest BCUT2D eigenvalue weighted by Gasteiger charge is -2.30. The number of carbonyl (C=O) groups is 2. The first-order valence-electron chi connectivity index (χ1n) is 12.5. The van der Waals surface area contributed by atoms with E-state index in [0.29, 0.717) is 26.1 Å². The van der Waals surface area contributed by atoms with Gasteiger partial charge in [0.1, 0.15) is 6.54 Å². The van der Waals surface area contributed by atoms with Gasteiger partial charge in [-0.3, -0.25) is 9.59 Å². The van der Waals surface area contributed by atoms with Crippen LogP contribution in [-0.4, -0.2) is 59.0 Å². The van der Waals surface area contributed by atoms with Gasteiger partial charge in [-0.25, -0.2) is 0 Å². The molecule has 0 radical (unpaired) electrons. The highest BCUT2D eigenvalue weighted by Crippen LogP contribution is 2.14. The van der Waals surface area contributed by atoms with Gasteiger partial charge in [0.2, 0.25) is 11.8 Å². The van der Waals surface area contributed by atoms with E-state index < -0.39 is 0 Å². The molecule has 1 aromatic heterocycles. The third kappa shape index (κ3) is 8.24. The highest BCUT2D eigenvalue weighted by Gasteiger charge is 2.23. The molecule has 1 heterocycles. The van der Waals surface area contributed by atoms with Gasteiger partial charge in [0.15, 0.2) is 0 Å². The van der Waals surface area contributed by atoms with E-state index in [1.54, 1.807) is 24.2 Å². The monoisotopic (exact) mass is 487 g/mol. The number of rotatable bonds is 13. The van der Waals surface area contributed by atoms with Crippen molar-refractivity contribution in [1.29, 1.82) is 0 Å². The Balaban J connectivity index is 1.71. The van der Waals surface area contributed by atoms with E-state index in [-0.39, 0.29) is 24.4 Å². The zero-order chi connectivity index (χ0) is 25.8. The van der Waals surface area contributed by atoms with Crippen molar-refractivity contribution in [2.75, 3.05) is 26.8 Å². The fraction of sp³-hybridized carbons (Fsp3) is 0.333. The lowest BCUT2D eigenvalue weighted by Crippen LogP contribution is -2.45. The Morgan fingerprint density at radius 3 is 2.33 bits per heavy atom. The van der Waals surface area contributed by atoms with Crippen LogP contribution in [0.2, 0.25) is 0 Å².